The molecule has 0 aromatic heterocycles. The summed E-state index contributed by atoms with van der Waals surface area (Å²) in [4.78, 5) is 22.5. The van der Waals surface area contributed by atoms with Crippen molar-refractivity contribution in [3.8, 4) is 0 Å². The van der Waals surface area contributed by atoms with Crippen LogP contribution >= 0.6 is 0 Å². The number of rotatable bonds is 7. The third-order valence-electron chi connectivity index (χ3n) is 2.25. The molecule has 0 aromatic rings. The number of hydrogen-bond donors (Lipinski definition) is 3. The van der Waals surface area contributed by atoms with E-state index in [9.17, 15) is 9.59 Å². The maximum Gasteiger partial charge on any atom is 0.236 e. The van der Waals surface area contributed by atoms with E-state index in [-0.39, 0.29) is 24.4 Å². The van der Waals surface area contributed by atoms with Gasteiger partial charge in [0.15, 0.2) is 0 Å². The first-order valence-electron chi connectivity index (χ1n) is 5.69. The van der Waals surface area contributed by atoms with Crippen LogP contribution < -0.4 is 16.0 Å². The van der Waals surface area contributed by atoms with Gasteiger partial charge >= 0.3 is 0 Å². The average Bonchev–Trinajstić information content (AvgIpc) is 2.24. The molecule has 0 saturated carbocycles. The fourth-order valence-electron chi connectivity index (χ4n) is 1.12. The maximum absolute atomic E-state index is 11.3. The smallest absolute Gasteiger partial charge is 0.236 e. The second-order valence-electron chi connectivity index (χ2n) is 4.25. The Kier molecular flexibility index (Phi) is 7.54. The molecule has 0 aliphatic rings. The largest absolute Gasteiger partial charge is 0.358 e. The van der Waals surface area contributed by atoms with E-state index in [1.54, 1.807) is 14.0 Å². The first kappa shape index (κ1) is 14.9. The topological polar surface area (TPSA) is 70.2 Å². The van der Waals surface area contributed by atoms with Crippen LogP contribution in [0.15, 0.2) is 0 Å². The van der Waals surface area contributed by atoms with Crippen molar-refractivity contribution in [3.63, 3.8) is 0 Å². The Labute approximate surface area is 97.4 Å². The first-order valence-corrected chi connectivity index (χ1v) is 5.69. The summed E-state index contributed by atoms with van der Waals surface area (Å²) in [7, 11) is 1.57. The fraction of sp³-hybridized carbons (Fsp3) is 0.818. The summed E-state index contributed by atoms with van der Waals surface area (Å²) in [6.45, 7) is 6.80. The van der Waals surface area contributed by atoms with E-state index in [0.29, 0.717) is 12.5 Å². The van der Waals surface area contributed by atoms with E-state index in [1.807, 2.05) is 0 Å². The third-order valence-corrected chi connectivity index (χ3v) is 2.25. The Hall–Kier alpha value is -1.10. The van der Waals surface area contributed by atoms with Crippen molar-refractivity contribution in [3.05, 3.63) is 0 Å². The second kappa shape index (κ2) is 8.10. The van der Waals surface area contributed by atoms with E-state index >= 15 is 0 Å². The molecule has 0 rings (SSSR count). The molecule has 16 heavy (non-hydrogen) atoms. The van der Waals surface area contributed by atoms with Gasteiger partial charge in [0, 0.05) is 13.6 Å². The molecule has 1 unspecified atom stereocenters. The molecule has 1 atom stereocenters. The predicted molar refractivity (Wildman–Crippen MR) is 64.0 cm³/mol. The van der Waals surface area contributed by atoms with E-state index in [0.717, 1.165) is 6.42 Å². The summed E-state index contributed by atoms with van der Waals surface area (Å²) in [6, 6.07) is -0.346. The van der Waals surface area contributed by atoms with E-state index in [4.69, 9.17) is 0 Å². The zero-order chi connectivity index (χ0) is 12.6. The highest BCUT2D eigenvalue weighted by Gasteiger charge is 2.11. The van der Waals surface area contributed by atoms with Crippen LogP contribution in [0.2, 0.25) is 0 Å². The van der Waals surface area contributed by atoms with Crippen LogP contribution in [0.1, 0.15) is 27.2 Å². The van der Waals surface area contributed by atoms with Crippen LogP contribution in [-0.4, -0.2) is 38.0 Å². The Bertz CT molecular complexity index is 229. The number of hydrogen-bond acceptors (Lipinski definition) is 3. The van der Waals surface area contributed by atoms with Crippen molar-refractivity contribution in [1.29, 1.82) is 0 Å². The van der Waals surface area contributed by atoms with E-state index < -0.39 is 0 Å². The average molecular weight is 229 g/mol. The molecular formula is C11H23N3O2. The van der Waals surface area contributed by atoms with Crippen LogP contribution in [0.3, 0.4) is 0 Å². The van der Waals surface area contributed by atoms with Crippen molar-refractivity contribution < 1.29 is 9.59 Å². The number of carbonyl (C=O) groups excluding carboxylic acids is 2. The van der Waals surface area contributed by atoms with Gasteiger partial charge in [-0.25, -0.2) is 0 Å². The SMILES string of the molecule is CNC(=O)C(C)NCC(=O)NCCC(C)C. The molecule has 0 radical (unpaired) electrons. The lowest BCUT2D eigenvalue weighted by atomic mass is 10.1. The van der Waals surface area contributed by atoms with Crippen LogP contribution in [0.5, 0.6) is 0 Å². The molecule has 3 N–H and O–H groups in total. The van der Waals surface area contributed by atoms with Crippen molar-refractivity contribution in [1.82, 2.24) is 16.0 Å². The molecule has 5 nitrogen and oxygen atoms in total. The van der Waals surface area contributed by atoms with Gasteiger partial charge in [-0.3, -0.25) is 14.9 Å². The molecule has 0 aliphatic heterocycles. The number of amides is 2. The summed E-state index contributed by atoms with van der Waals surface area (Å²) in [5.74, 6) is 0.393. The highest BCUT2D eigenvalue weighted by molar-refractivity contribution is 5.83. The molecular weight excluding hydrogens is 206 g/mol. The number of nitrogens with one attached hydrogen (secondary N) is 3. The minimum absolute atomic E-state index is 0.0728. The lowest BCUT2D eigenvalue weighted by Crippen LogP contribution is -2.45. The second-order valence-corrected chi connectivity index (χ2v) is 4.25. The minimum atomic E-state index is -0.346. The number of carbonyl (C=O) groups is 2. The maximum atomic E-state index is 11.3. The quantitative estimate of drug-likeness (QED) is 0.569. The number of likely N-dealkylation sites (N-methyl/N-ethyl adjacent to an activating group) is 1. The van der Waals surface area contributed by atoms with E-state index in [2.05, 4.69) is 29.8 Å². The zero-order valence-electron chi connectivity index (χ0n) is 10.6. The van der Waals surface area contributed by atoms with Crippen LogP contribution in [-0.2, 0) is 9.59 Å². The molecule has 0 heterocycles. The standard InChI is InChI=1S/C11H23N3O2/c1-8(2)5-6-13-10(15)7-14-9(3)11(16)12-4/h8-9,14H,5-7H2,1-4H3,(H,12,16)(H,13,15). The molecule has 0 aliphatic carbocycles. The molecule has 94 valence electrons. The van der Waals surface area contributed by atoms with Gasteiger partial charge in [0.05, 0.1) is 12.6 Å². The Balaban J connectivity index is 3.61. The van der Waals surface area contributed by atoms with E-state index in [1.165, 1.54) is 0 Å². The van der Waals surface area contributed by atoms with Gasteiger partial charge < -0.3 is 10.6 Å². The van der Waals surface area contributed by atoms with Gasteiger partial charge in [-0.2, -0.15) is 0 Å². The first-order chi connectivity index (χ1) is 7.47. The minimum Gasteiger partial charge on any atom is -0.358 e. The fourth-order valence-corrected chi connectivity index (χ4v) is 1.12. The lowest BCUT2D eigenvalue weighted by molar-refractivity contribution is -0.123. The summed E-state index contributed by atoms with van der Waals surface area (Å²) in [6.07, 6.45) is 0.969. The molecule has 0 aromatic carbocycles. The third kappa shape index (κ3) is 7.23. The van der Waals surface area contributed by atoms with Gasteiger partial charge in [-0.1, -0.05) is 13.8 Å². The predicted octanol–water partition coefficient (Wildman–Crippen LogP) is -0.127. The summed E-state index contributed by atoms with van der Waals surface area (Å²) >= 11 is 0. The van der Waals surface area contributed by atoms with Gasteiger partial charge in [0.2, 0.25) is 11.8 Å². The molecule has 0 fully saturated rings. The molecule has 5 heteroatoms. The monoisotopic (exact) mass is 229 g/mol. The van der Waals surface area contributed by atoms with Crippen LogP contribution in [0.4, 0.5) is 0 Å². The molecule has 0 saturated heterocycles. The van der Waals surface area contributed by atoms with Gasteiger partial charge in [0.1, 0.15) is 0 Å². The summed E-state index contributed by atoms with van der Waals surface area (Å²) < 4.78 is 0. The van der Waals surface area contributed by atoms with Crippen molar-refractivity contribution in [2.75, 3.05) is 20.1 Å². The molecule has 0 bridgehead atoms. The Morgan fingerprint density at radius 2 is 1.81 bits per heavy atom. The molecule has 0 spiro atoms. The van der Waals surface area contributed by atoms with Crippen molar-refractivity contribution >= 4 is 11.8 Å². The Morgan fingerprint density at radius 1 is 1.19 bits per heavy atom. The van der Waals surface area contributed by atoms with Crippen molar-refractivity contribution in [2.45, 2.75) is 33.2 Å². The Morgan fingerprint density at radius 3 is 2.31 bits per heavy atom. The normalized spacial score (nSPS) is 12.3. The van der Waals surface area contributed by atoms with Crippen LogP contribution in [0.25, 0.3) is 0 Å². The highest BCUT2D eigenvalue weighted by atomic mass is 16.2. The summed E-state index contributed by atoms with van der Waals surface area (Å²) in [5.41, 5.74) is 0. The zero-order valence-corrected chi connectivity index (χ0v) is 10.6. The van der Waals surface area contributed by atoms with Gasteiger partial charge in [-0.15, -0.1) is 0 Å². The lowest BCUT2D eigenvalue weighted by Gasteiger charge is -2.12. The summed E-state index contributed by atoms with van der Waals surface area (Å²) in [5, 5.41) is 8.15. The van der Waals surface area contributed by atoms with Gasteiger partial charge in [0.25, 0.3) is 0 Å². The van der Waals surface area contributed by atoms with Crippen molar-refractivity contribution in [2.24, 2.45) is 5.92 Å². The molecule has 2 amide bonds. The van der Waals surface area contributed by atoms with Crippen LogP contribution in [0, 0.1) is 5.92 Å². The van der Waals surface area contributed by atoms with Gasteiger partial charge in [-0.05, 0) is 19.3 Å². The highest BCUT2D eigenvalue weighted by Crippen LogP contribution is 1.95.